The monoisotopic (exact) mass is 306 g/mol. The maximum Gasteiger partial charge on any atom is 0.251 e. The van der Waals surface area contributed by atoms with Crippen molar-refractivity contribution < 1.29 is 14.3 Å². The van der Waals surface area contributed by atoms with Crippen molar-refractivity contribution in [3.05, 3.63) is 23.8 Å². The second kappa shape index (κ2) is 6.07. The number of fused-ring (bicyclic) bond motifs is 1. The van der Waals surface area contributed by atoms with Gasteiger partial charge >= 0.3 is 0 Å². The van der Waals surface area contributed by atoms with E-state index in [9.17, 15) is 9.59 Å². The van der Waals surface area contributed by atoms with E-state index in [1.54, 1.807) is 12.1 Å². The fraction of sp³-hybridized carbons (Fsp3) is 0.467. The number of ether oxygens (including phenoxy) is 1. The van der Waals surface area contributed by atoms with Crippen molar-refractivity contribution in [2.24, 2.45) is 0 Å². The van der Waals surface area contributed by atoms with Gasteiger partial charge in [0.25, 0.3) is 5.91 Å². The normalized spacial score (nSPS) is 24.3. The van der Waals surface area contributed by atoms with Crippen LogP contribution in [0.15, 0.2) is 23.1 Å². The quantitative estimate of drug-likeness (QED) is 0.896. The number of carbonyl (C=O) groups is 2. The Labute approximate surface area is 127 Å². The lowest BCUT2D eigenvalue weighted by molar-refractivity contribution is -0.115. The van der Waals surface area contributed by atoms with Gasteiger partial charge in [-0.05, 0) is 38.0 Å². The summed E-state index contributed by atoms with van der Waals surface area (Å²) in [5.74, 6) is -0.157. The molecule has 1 fully saturated rings. The summed E-state index contributed by atoms with van der Waals surface area (Å²) < 4.78 is 5.48. The molecule has 6 heteroatoms. The van der Waals surface area contributed by atoms with Crippen LogP contribution in [0, 0.1) is 0 Å². The molecule has 0 radical (unpaired) electrons. The van der Waals surface area contributed by atoms with Gasteiger partial charge in [0.1, 0.15) is 0 Å². The van der Waals surface area contributed by atoms with Gasteiger partial charge in [-0.25, -0.2) is 0 Å². The molecule has 3 rings (SSSR count). The van der Waals surface area contributed by atoms with Gasteiger partial charge in [-0.3, -0.25) is 9.59 Å². The van der Waals surface area contributed by atoms with Crippen LogP contribution < -0.4 is 10.6 Å². The van der Waals surface area contributed by atoms with Crippen LogP contribution in [0.4, 0.5) is 5.69 Å². The number of benzene rings is 1. The zero-order chi connectivity index (χ0) is 14.8. The van der Waals surface area contributed by atoms with E-state index in [0.29, 0.717) is 17.8 Å². The second-order valence-electron chi connectivity index (χ2n) is 5.31. The van der Waals surface area contributed by atoms with Crippen LogP contribution in [0.3, 0.4) is 0 Å². The predicted molar refractivity (Wildman–Crippen MR) is 81.7 cm³/mol. The Morgan fingerprint density at radius 2 is 2.38 bits per heavy atom. The minimum absolute atomic E-state index is 0.0237. The predicted octanol–water partition coefficient (Wildman–Crippen LogP) is 2.03. The number of thioether (sulfide) groups is 1. The van der Waals surface area contributed by atoms with Crippen molar-refractivity contribution >= 4 is 29.3 Å². The molecule has 2 atom stereocenters. The van der Waals surface area contributed by atoms with E-state index in [0.717, 1.165) is 24.3 Å². The first-order valence-electron chi connectivity index (χ1n) is 7.15. The summed E-state index contributed by atoms with van der Waals surface area (Å²) in [6.45, 7) is 3.18. The van der Waals surface area contributed by atoms with Crippen LogP contribution >= 0.6 is 11.8 Å². The molecule has 0 aromatic heterocycles. The molecule has 1 aromatic carbocycles. The third-order valence-corrected chi connectivity index (χ3v) is 4.86. The minimum atomic E-state index is -0.133. The van der Waals surface area contributed by atoms with Gasteiger partial charge in [-0.2, -0.15) is 0 Å². The standard InChI is InChI=1S/C15H18N2O3S/c1-9-14(18)17-12-7-10(4-5-13(12)21-9)15(19)16-8-11-3-2-6-20-11/h4-5,7,9,11H,2-3,6,8H2,1H3,(H,16,19)(H,17,18)/t9-,11-/m1/s1. The van der Waals surface area contributed by atoms with Gasteiger partial charge in [0.05, 0.1) is 17.0 Å². The Hall–Kier alpha value is -1.53. The Kier molecular flexibility index (Phi) is 4.17. The Bertz CT molecular complexity index is 570. The number of hydrogen-bond donors (Lipinski definition) is 2. The zero-order valence-corrected chi connectivity index (χ0v) is 12.7. The van der Waals surface area contributed by atoms with E-state index in [-0.39, 0.29) is 23.2 Å². The maximum absolute atomic E-state index is 12.1. The summed E-state index contributed by atoms with van der Waals surface area (Å²) in [5.41, 5.74) is 1.27. The number of nitrogens with one attached hydrogen (secondary N) is 2. The summed E-state index contributed by atoms with van der Waals surface area (Å²) in [6, 6.07) is 5.41. The molecule has 2 aliphatic rings. The van der Waals surface area contributed by atoms with E-state index >= 15 is 0 Å². The number of carbonyl (C=O) groups excluding carboxylic acids is 2. The molecule has 0 spiro atoms. The van der Waals surface area contributed by atoms with Crippen LogP contribution in [0.25, 0.3) is 0 Å². The van der Waals surface area contributed by atoms with Crippen molar-refractivity contribution in [2.45, 2.75) is 36.0 Å². The van der Waals surface area contributed by atoms with Crippen molar-refractivity contribution in [2.75, 3.05) is 18.5 Å². The van der Waals surface area contributed by atoms with Crippen LogP contribution in [0.2, 0.25) is 0 Å². The number of amides is 2. The third-order valence-electron chi connectivity index (χ3n) is 3.69. The lowest BCUT2D eigenvalue weighted by Crippen LogP contribution is -2.32. The molecule has 0 bridgehead atoms. The Morgan fingerprint density at radius 1 is 1.52 bits per heavy atom. The van der Waals surface area contributed by atoms with Gasteiger partial charge in [0.2, 0.25) is 5.91 Å². The van der Waals surface area contributed by atoms with E-state index in [4.69, 9.17) is 4.74 Å². The van der Waals surface area contributed by atoms with Crippen molar-refractivity contribution in [3.8, 4) is 0 Å². The topological polar surface area (TPSA) is 67.4 Å². The van der Waals surface area contributed by atoms with Gasteiger partial charge < -0.3 is 15.4 Å². The molecule has 1 saturated heterocycles. The first-order valence-corrected chi connectivity index (χ1v) is 8.03. The molecule has 0 aliphatic carbocycles. The third kappa shape index (κ3) is 3.22. The minimum Gasteiger partial charge on any atom is -0.376 e. The van der Waals surface area contributed by atoms with Gasteiger partial charge in [0, 0.05) is 23.6 Å². The first kappa shape index (κ1) is 14.4. The maximum atomic E-state index is 12.1. The summed E-state index contributed by atoms with van der Waals surface area (Å²) in [7, 11) is 0. The first-order chi connectivity index (χ1) is 10.1. The van der Waals surface area contributed by atoms with Crippen LogP contribution in [-0.2, 0) is 9.53 Å². The molecule has 5 nitrogen and oxygen atoms in total. The summed E-state index contributed by atoms with van der Waals surface area (Å²) in [6.07, 6.45) is 2.18. The highest BCUT2D eigenvalue weighted by atomic mass is 32.2. The van der Waals surface area contributed by atoms with E-state index in [1.807, 2.05) is 13.0 Å². The highest BCUT2D eigenvalue weighted by molar-refractivity contribution is 8.00. The molecule has 0 unspecified atom stereocenters. The van der Waals surface area contributed by atoms with E-state index in [1.165, 1.54) is 11.8 Å². The molecule has 112 valence electrons. The van der Waals surface area contributed by atoms with Crippen molar-refractivity contribution in [3.63, 3.8) is 0 Å². The molecule has 2 heterocycles. The summed E-state index contributed by atoms with van der Waals surface area (Å²) in [4.78, 5) is 24.8. The largest absolute Gasteiger partial charge is 0.376 e. The fourth-order valence-electron chi connectivity index (χ4n) is 2.46. The zero-order valence-electron chi connectivity index (χ0n) is 11.8. The highest BCUT2D eigenvalue weighted by Gasteiger charge is 2.24. The van der Waals surface area contributed by atoms with Gasteiger partial charge in [0.15, 0.2) is 0 Å². The van der Waals surface area contributed by atoms with Crippen LogP contribution in [0.1, 0.15) is 30.1 Å². The smallest absolute Gasteiger partial charge is 0.251 e. The number of hydrogen-bond acceptors (Lipinski definition) is 4. The molecule has 2 aliphatic heterocycles. The average Bonchev–Trinajstić information content (AvgIpc) is 2.99. The summed E-state index contributed by atoms with van der Waals surface area (Å²) in [5, 5.41) is 5.62. The average molecular weight is 306 g/mol. The van der Waals surface area contributed by atoms with Gasteiger partial charge in [-0.15, -0.1) is 11.8 Å². The molecule has 0 saturated carbocycles. The Morgan fingerprint density at radius 3 is 3.14 bits per heavy atom. The van der Waals surface area contributed by atoms with Crippen molar-refractivity contribution in [1.82, 2.24) is 5.32 Å². The fourth-order valence-corrected chi connectivity index (χ4v) is 3.39. The summed E-state index contributed by atoms with van der Waals surface area (Å²) >= 11 is 1.51. The lowest BCUT2D eigenvalue weighted by atomic mass is 10.1. The molecule has 2 amide bonds. The molecule has 1 aromatic rings. The SMILES string of the molecule is C[C@H]1Sc2ccc(C(=O)NC[C@H]3CCCO3)cc2NC1=O. The van der Waals surface area contributed by atoms with E-state index in [2.05, 4.69) is 10.6 Å². The lowest BCUT2D eigenvalue weighted by Gasteiger charge is -2.21. The number of rotatable bonds is 3. The highest BCUT2D eigenvalue weighted by Crippen LogP contribution is 2.35. The van der Waals surface area contributed by atoms with Crippen LogP contribution in [-0.4, -0.2) is 36.3 Å². The molecular weight excluding hydrogens is 288 g/mol. The molecule has 21 heavy (non-hydrogen) atoms. The van der Waals surface area contributed by atoms with Crippen molar-refractivity contribution in [1.29, 1.82) is 0 Å². The van der Waals surface area contributed by atoms with Gasteiger partial charge in [-0.1, -0.05) is 0 Å². The van der Waals surface area contributed by atoms with E-state index < -0.39 is 0 Å². The number of anilines is 1. The molecular formula is C15H18N2O3S. The Balaban J connectivity index is 1.67. The van der Waals surface area contributed by atoms with Crippen LogP contribution in [0.5, 0.6) is 0 Å². The second-order valence-corrected chi connectivity index (χ2v) is 6.69. The molecule has 2 N–H and O–H groups in total.